The first-order chi connectivity index (χ1) is 5.75. The highest BCUT2D eigenvalue weighted by atomic mass is 14.9. The molecule has 0 spiro atoms. The molecule has 1 aliphatic rings. The Bertz CT molecular complexity index is 244. The lowest BCUT2D eigenvalue weighted by molar-refractivity contribution is 0.876. The molecule has 1 N–H and O–H groups in total. The van der Waals surface area contributed by atoms with Gasteiger partial charge in [0.15, 0.2) is 0 Å². The molecule has 1 nitrogen and oxygen atoms in total. The molecule has 0 aliphatic carbocycles. The molecular formula is C11H17N. The Morgan fingerprint density at radius 3 is 2.75 bits per heavy atom. The second-order valence-corrected chi connectivity index (χ2v) is 3.21. The summed E-state index contributed by atoms with van der Waals surface area (Å²) in [6.07, 6.45) is 7.47. The number of allylic oxidation sites excluding steroid dienone is 4. The van der Waals surface area contributed by atoms with Crippen molar-refractivity contribution in [3.63, 3.8) is 0 Å². The highest BCUT2D eigenvalue weighted by Gasteiger charge is 2.09. The molecule has 66 valence electrons. The third-order valence-electron chi connectivity index (χ3n) is 2.16. The van der Waals surface area contributed by atoms with Gasteiger partial charge in [-0.2, -0.15) is 0 Å². The van der Waals surface area contributed by atoms with Crippen molar-refractivity contribution in [2.45, 2.75) is 27.2 Å². The topological polar surface area (TPSA) is 12.0 Å². The van der Waals surface area contributed by atoms with Crippen molar-refractivity contribution in [2.24, 2.45) is 0 Å². The molecule has 0 saturated carbocycles. The molecular weight excluding hydrogens is 146 g/mol. The Morgan fingerprint density at radius 2 is 2.25 bits per heavy atom. The smallest absolute Gasteiger partial charge is 0.0359 e. The summed E-state index contributed by atoms with van der Waals surface area (Å²) in [6.45, 7) is 7.48. The maximum Gasteiger partial charge on any atom is 0.0359 e. The maximum absolute atomic E-state index is 3.39. The second-order valence-electron chi connectivity index (χ2n) is 3.21. The molecule has 1 aliphatic heterocycles. The molecule has 0 fully saturated rings. The third-order valence-corrected chi connectivity index (χ3v) is 2.16. The van der Waals surface area contributed by atoms with Gasteiger partial charge in [-0.1, -0.05) is 18.2 Å². The lowest BCUT2D eigenvalue weighted by atomic mass is 10.1. The van der Waals surface area contributed by atoms with Crippen molar-refractivity contribution < 1.29 is 0 Å². The minimum Gasteiger partial charge on any atom is -0.385 e. The van der Waals surface area contributed by atoms with E-state index in [0.717, 1.165) is 6.54 Å². The van der Waals surface area contributed by atoms with E-state index in [4.69, 9.17) is 0 Å². The average Bonchev–Trinajstić information content (AvgIpc) is 2.47. The van der Waals surface area contributed by atoms with Crippen LogP contribution in [0.3, 0.4) is 0 Å². The van der Waals surface area contributed by atoms with Crippen LogP contribution in [0.5, 0.6) is 0 Å². The first-order valence-electron chi connectivity index (χ1n) is 4.49. The van der Waals surface area contributed by atoms with Gasteiger partial charge < -0.3 is 5.32 Å². The van der Waals surface area contributed by atoms with E-state index in [1.165, 1.54) is 23.3 Å². The predicted molar refractivity (Wildman–Crippen MR) is 53.9 cm³/mol. The molecule has 0 unspecified atom stereocenters. The van der Waals surface area contributed by atoms with Crippen LogP contribution in [0.1, 0.15) is 27.2 Å². The average molecular weight is 163 g/mol. The summed E-state index contributed by atoms with van der Waals surface area (Å²) in [4.78, 5) is 0. The van der Waals surface area contributed by atoms with Gasteiger partial charge >= 0.3 is 0 Å². The molecule has 0 radical (unpaired) electrons. The molecule has 0 bridgehead atoms. The first kappa shape index (κ1) is 9.11. The molecule has 12 heavy (non-hydrogen) atoms. The summed E-state index contributed by atoms with van der Waals surface area (Å²) in [5.74, 6) is 0. The zero-order chi connectivity index (χ0) is 8.97. The molecule has 0 aromatic rings. The largest absolute Gasteiger partial charge is 0.385 e. The Kier molecular flexibility index (Phi) is 3.15. The van der Waals surface area contributed by atoms with Crippen LogP contribution in [0.15, 0.2) is 35.1 Å². The molecule has 0 amide bonds. The SMILES string of the molecule is C/C=C\C=C(\C)C1=C(C)CCN1. The van der Waals surface area contributed by atoms with E-state index in [2.05, 4.69) is 31.3 Å². The Morgan fingerprint density at radius 1 is 1.50 bits per heavy atom. The van der Waals surface area contributed by atoms with Crippen LogP contribution in [0.2, 0.25) is 0 Å². The molecule has 0 aromatic heterocycles. The van der Waals surface area contributed by atoms with E-state index < -0.39 is 0 Å². The lowest BCUT2D eigenvalue weighted by Crippen LogP contribution is -2.07. The van der Waals surface area contributed by atoms with Crippen LogP contribution < -0.4 is 5.32 Å². The fourth-order valence-electron chi connectivity index (χ4n) is 1.45. The molecule has 0 atom stereocenters. The van der Waals surface area contributed by atoms with Crippen LogP contribution in [0.4, 0.5) is 0 Å². The van der Waals surface area contributed by atoms with Gasteiger partial charge in [0, 0.05) is 12.2 Å². The van der Waals surface area contributed by atoms with Crippen LogP contribution in [-0.4, -0.2) is 6.54 Å². The summed E-state index contributed by atoms with van der Waals surface area (Å²) in [5, 5.41) is 3.39. The monoisotopic (exact) mass is 163 g/mol. The van der Waals surface area contributed by atoms with Crippen molar-refractivity contribution in [1.82, 2.24) is 5.32 Å². The highest BCUT2D eigenvalue weighted by Crippen LogP contribution is 2.18. The van der Waals surface area contributed by atoms with E-state index in [1.54, 1.807) is 0 Å². The number of hydrogen-bond donors (Lipinski definition) is 1. The Labute approximate surface area is 74.9 Å². The zero-order valence-electron chi connectivity index (χ0n) is 8.15. The molecule has 0 saturated heterocycles. The van der Waals surface area contributed by atoms with E-state index in [-0.39, 0.29) is 0 Å². The second kappa shape index (κ2) is 4.15. The molecule has 1 heterocycles. The van der Waals surface area contributed by atoms with Crippen molar-refractivity contribution in [2.75, 3.05) is 6.54 Å². The number of rotatable bonds is 2. The number of hydrogen-bond acceptors (Lipinski definition) is 1. The minimum atomic E-state index is 1.10. The van der Waals surface area contributed by atoms with Crippen molar-refractivity contribution in [3.05, 3.63) is 35.1 Å². The highest BCUT2D eigenvalue weighted by molar-refractivity contribution is 5.36. The first-order valence-corrected chi connectivity index (χ1v) is 4.49. The Hall–Kier alpha value is -0.980. The lowest BCUT2D eigenvalue weighted by Gasteiger charge is -2.04. The van der Waals surface area contributed by atoms with E-state index >= 15 is 0 Å². The van der Waals surface area contributed by atoms with Crippen LogP contribution in [0.25, 0.3) is 0 Å². The molecule has 1 rings (SSSR count). The van der Waals surface area contributed by atoms with Gasteiger partial charge in [0.25, 0.3) is 0 Å². The van der Waals surface area contributed by atoms with Gasteiger partial charge in [0.1, 0.15) is 0 Å². The molecule has 1 heteroatoms. The predicted octanol–water partition coefficient (Wildman–Crippen LogP) is 2.78. The minimum absolute atomic E-state index is 1.10. The van der Waals surface area contributed by atoms with Gasteiger partial charge in [0.2, 0.25) is 0 Å². The summed E-state index contributed by atoms with van der Waals surface area (Å²) in [6, 6.07) is 0. The van der Waals surface area contributed by atoms with E-state index in [1.807, 2.05) is 13.0 Å². The van der Waals surface area contributed by atoms with Crippen LogP contribution in [-0.2, 0) is 0 Å². The summed E-state index contributed by atoms with van der Waals surface area (Å²) < 4.78 is 0. The third kappa shape index (κ3) is 2.00. The van der Waals surface area contributed by atoms with Gasteiger partial charge in [0.05, 0.1) is 0 Å². The normalized spacial score (nSPS) is 19.1. The van der Waals surface area contributed by atoms with E-state index in [9.17, 15) is 0 Å². The number of nitrogens with one attached hydrogen (secondary N) is 1. The van der Waals surface area contributed by atoms with Crippen molar-refractivity contribution in [1.29, 1.82) is 0 Å². The fourth-order valence-corrected chi connectivity index (χ4v) is 1.45. The summed E-state index contributed by atoms with van der Waals surface area (Å²) >= 11 is 0. The summed E-state index contributed by atoms with van der Waals surface area (Å²) in [7, 11) is 0. The zero-order valence-corrected chi connectivity index (χ0v) is 8.15. The van der Waals surface area contributed by atoms with Crippen molar-refractivity contribution >= 4 is 0 Å². The molecule has 0 aromatic carbocycles. The quantitative estimate of drug-likeness (QED) is 0.617. The van der Waals surface area contributed by atoms with Gasteiger partial charge in [-0.25, -0.2) is 0 Å². The van der Waals surface area contributed by atoms with Gasteiger partial charge in [-0.05, 0) is 38.3 Å². The van der Waals surface area contributed by atoms with Gasteiger partial charge in [-0.3, -0.25) is 0 Å². The van der Waals surface area contributed by atoms with Crippen LogP contribution >= 0.6 is 0 Å². The Balaban J connectivity index is 2.75. The van der Waals surface area contributed by atoms with E-state index in [0.29, 0.717) is 0 Å². The maximum atomic E-state index is 3.39. The summed E-state index contributed by atoms with van der Waals surface area (Å²) in [5.41, 5.74) is 4.16. The van der Waals surface area contributed by atoms with Crippen LogP contribution in [0, 0.1) is 0 Å². The standard InChI is InChI=1S/C11H17N/c1-4-5-6-9(2)11-10(3)7-8-12-11/h4-6,12H,7-8H2,1-3H3/b5-4-,9-6-. The fraction of sp³-hybridized carbons (Fsp3) is 0.455. The van der Waals surface area contributed by atoms with Gasteiger partial charge in [-0.15, -0.1) is 0 Å². The van der Waals surface area contributed by atoms with Crippen molar-refractivity contribution in [3.8, 4) is 0 Å².